The standard InChI is InChI=1S/C17H24N2S/c1-19(2)11-7-6-10-18-13-17-12-16(14-20-17)15-8-4-3-5-9-15/h3-5,8-9,12,14,18H,6-7,10-11,13H2,1-2H3. The summed E-state index contributed by atoms with van der Waals surface area (Å²) in [6.07, 6.45) is 2.51. The lowest BCUT2D eigenvalue weighted by atomic mass is 10.1. The normalized spacial score (nSPS) is 11.2. The molecule has 0 aliphatic carbocycles. The molecule has 2 aromatic rings. The van der Waals surface area contributed by atoms with Gasteiger partial charge < -0.3 is 10.2 Å². The monoisotopic (exact) mass is 288 g/mol. The summed E-state index contributed by atoms with van der Waals surface area (Å²) < 4.78 is 0. The van der Waals surface area contributed by atoms with E-state index >= 15 is 0 Å². The van der Waals surface area contributed by atoms with E-state index in [1.165, 1.54) is 35.4 Å². The average Bonchev–Trinajstić information content (AvgIpc) is 2.92. The number of benzene rings is 1. The molecule has 2 nitrogen and oxygen atoms in total. The van der Waals surface area contributed by atoms with Crippen molar-refractivity contribution in [2.45, 2.75) is 19.4 Å². The van der Waals surface area contributed by atoms with E-state index in [-0.39, 0.29) is 0 Å². The van der Waals surface area contributed by atoms with Crippen LogP contribution < -0.4 is 5.32 Å². The van der Waals surface area contributed by atoms with Crippen molar-refractivity contribution >= 4 is 11.3 Å². The van der Waals surface area contributed by atoms with Gasteiger partial charge >= 0.3 is 0 Å². The fraction of sp³-hybridized carbons (Fsp3) is 0.412. The Morgan fingerprint density at radius 3 is 2.60 bits per heavy atom. The summed E-state index contributed by atoms with van der Waals surface area (Å²) in [5, 5.41) is 5.78. The first-order valence-corrected chi connectivity index (χ1v) is 8.12. The Balaban J connectivity index is 1.71. The summed E-state index contributed by atoms with van der Waals surface area (Å²) in [6, 6.07) is 12.9. The van der Waals surface area contributed by atoms with Crippen molar-refractivity contribution in [2.24, 2.45) is 0 Å². The zero-order valence-corrected chi connectivity index (χ0v) is 13.2. The SMILES string of the molecule is CN(C)CCCCNCc1cc(-c2ccccc2)cs1. The van der Waals surface area contributed by atoms with Gasteiger partial charge in [0.05, 0.1) is 0 Å². The van der Waals surface area contributed by atoms with E-state index in [2.05, 4.69) is 66.1 Å². The van der Waals surface area contributed by atoms with Crippen LogP contribution in [-0.4, -0.2) is 32.1 Å². The van der Waals surface area contributed by atoms with Crippen LogP contribution in [0.4, 0.5) is 0 Å². The number of unbranched alkanes of at least 4 members (excludes halogenated alkanes) is 1. The van der Waals surface area contributed by atoms with Crippen LogP contribution in [0.25, 0.3) is 11.1 Å². The molecule has 0 saturated carbocycles. The number of hydrogen-bond acceptors (Lipinski definition) is 3. The van der Waals surface area contributed by atoms with E-state index in [4.69, 9.17) is 0 Å². The Kier molecular flexibility index (Phi) is 6.25. The molecule has 0 spiro atoms. The highest BCUT2D eigenvalue weighted by atomic mass is 32.1. The van der Waals surface area contributed by atoms with Crippen LogP contribution in [0.3, 0.4) is 0 Å². The van der Waals surface area contributed by atoms with Crippen molar-refractivity contribution in [1.29, 1.82) is 0 Å². The third-order valence-corrected chi connectivity index (χ3v) is 4.21. The summed E-state index contributed by atoms with van der Waals surface area (Å²) in [5.74, 6) is 0. The summed E-state index contributed by atoms with van der Waals surface area (Å²) in [5.41, 5.74) is 2.64. The predicted octanol–water partition coefficient (Wildman–Crippen LogP) is 3.85. The maximum atomic E-state index is 3.53. The molecule has 108 valence electrons. The Morgan fingerprint density at radius 1 is 1.05 bits per heavy atom. The van der Waals surface area contributed by atoms with Gasteiger partial charge in [-0.25, -0.2) is 0 Å². The zero-order valence-electron chi connectivity index (χ0n) is 12.4. The van der Waals surface area contributed by atoms with Crippen LogP contribution in [0, 0.1) is 0 Å². The maximum Gasteiger partial charge on any atom is 0.0299 e. The molecule has 0 saturated heterocycles. The molecule has 2 rings (SSSR count). The molecule has 0 aliphatic rings. The van der Waals surface area contributed by atoms with Gasteiger partial charge in [0.25, 0.3) is 0 Å². The summed E-state index contributed by atoms with van der Waals surface area (Å²) in [4.78, 5) is 3.65. The first-order chi connectivity index (χ1) is 9.75. The third-order valence-electron chi connectivity index (χ3n) is 3.27. The smallest absolute Gasteiger partial charge is 0.0299 e. The molecule has 20 heavy (non-hydrogen) atoms. The van der Waals surface area contributed by atoms with Crippen molar-refractivity contribution in [3.8, 4) is 11.1 Å². The molecule has 0 bridgehead atoms. The molecule has 1 aromatic carbocycles. The minimum atomic E-state index is 0.986. The van der Waals surface area contributed by atoms with Crippen LogP contribution in [0.15, 0.2) is 41.8 Å². The lowest BCUT2D eigenvalue weighted by molar-refractivity contribution is 0.392. The van der Waals surface area contributed by atoms with Crippen LogP contribution in [0.5, 0.6) is 0 Å². The van der Waals surface area contributed by atoms with Gasteiger partial charge in [-0.1, -0.05) is 30.3 Å². The number of nitrogens with one attached hydrogen (secondary N) is 1. The molecule has 0 aliphatic heterocycles. The van der Waals surface area contributed by atoms with E-state index in [0.717, 1.165) is 13.1 Å². The number of hydrogen-bond donors (Lipinski definition) is 1. The summed E-state index contributed by atoms with van der Waals surface area (Å²) in [6.45, 7) is 3.27. The lowest BCUT2D eigenvalue weighted by Crippen LogP contribution is -2.17. The van der Waals surface area contributed by atoms with Gasteiger partial charge in [0.15, 0.2) is 0 Å². The Hall–Kier alpha value is -1.16. The van der Waals surface area contributed by atoms with E-state index < -0.39 is 0 Å². The maximum absolute atomic E-state index is 3.53. The van der Waals surface area contributed by atoms with Gasteiger partial charge in [0.1, 0.15) is 0 Å². The third kappa shape index (κ3) is 5.08. The Bertz CT molecular complexity index is 491. The molecule has 1 N–H and O–H groups in total. The lowest BCUT2D eigenvalue weighted by Gasteiger charge is -2.08. The second kappa shape index (κ2) is 8.20. The molecule has 0 fully saturated rings. The number of thiophene rings is 1. The fourth-order valence-corrected chi connectivity index (χ4v) is 3.01. The molecule has 1 heterocycles. The largest absolute Gasteiger partial charge is 0.312 e. The molecule has 3 heteroatoms. The highest BCUT2D eigenvalue weighted by Gasteiger charge is 2.01. The molecule has 0 amide bonds. The zero-order chi connectivity index (χ0) is 14.2. The quantitative estimate of drug-likeness (QED) is 0.742. The van der Waals surface area contributed by atoms with Crippen molar-refractivity contribution < 1.29 is 0 Å². The molecule has 0 unspecified atom stereocenters. The topological polar surface area (TPSA) is 15.3 Å². The fourth-order valence-electron chi connectivity index (χ4n) is 2.14. The van der Waals surface area contributed by atoms with Gasteiger partial charge in [-0.15, -0.1) is 11.3 Å². The van der Waals surface area contributed by atoms with Crippen molar-refractivity contribution in [3.63, 3.8) is 0 Å². The van der Waals surface area contributed by atoms with Crippen molar-refractivity contribution in [2.75, 3.05) is 27.2 Å². The molecular weight excluding hydrogens is 264 g/mol. The number of nitrogens with zero attached hydrogens (tertiary/aromatic N) is 1. The van der Waals surface area contributed by atoms with Gasteiger partial charge in [0, 0.05) is 11.4 Å². The van der Waals surface area contributed by atoms with Crippen LogP contribution >= 0.6 is 11.3 Å². The highest BCUT2D eigenvalue weighted by Crippen LogP contribution is 2.25. The highest BCUT2D eigenvalue weighted by molar-refractivity contribution is 7.10. The van der Waals surface area contributed by atoms with E-state index in [0.29, 0.717) is 0 Å². The average molecular weight is 288 g/mol. The van der Waals surface area contributed by atoms with E-state index in [9.17, 15) is 0 Å². The van der Waals surface area contributed by atoms with Gasteiger partial charge in [-0.3, -0.25) is 0 Å². The summed E-state index contributed by atoms with van der Waals surface area (Å²) >= 11 is 1.84. The van der Waals surface area contributed by atoms with Crippen LogP contribution in [0.2, 0.25) is 0 Å². The second-order valence-corrected chi connectivity index (χ2v) is 6.35. The van der Waals surface area contributed by atoms with Crippen LogP contribution in [-0.2, 0) is 6.54 Å². The van der Waals surface area contributed by atoms with Gasteiger partial charge in [0.2, 0.25) is 0 Å². The minimum absolute atomic E-state index is 0.986. The molecule has 1 aromatic heterocycles. The van der Waals surface area contributed by atoms with Crippen LogP contribution in [0.1, 0.15) is 17.7 Å². The van der Waals surface area contributed by atoms with E-state index in [1.54, 1.807) is 0 Å². The summed E-state index contributed by atoms with van der Waals surface area (Å²) in [7, 11) is 4.26. The Labute approximate surface area is 126 Å². The van der Waals surface area contributed by atoms with E-state index in [1.807, 2.05) is 11.3 Å². The van der Waals surface area contributed by atoms with Crippen molar-refractivity contribution in [3.05, 3.63) is 46.7 Å². The molecular formula is C17H24N2S. The first-order valence-electron chi connectivity index (χ1n) is 7.24. The molecule has 0 atom stereocenters. The van der Waals surface area contributed by atoms with Gasteiger partial charge in [-0.05, 0) is 62.6 Å². The van der Waals surface area contributed by atoms with Gasteiger partial charge in [-0.2, -0.15) is 0 Å². The Morgan fingerprint density at radius 2 is 1.85 bits per heavy atom. The minimum Gasteiger partial charge on any atom is -0.312 e. The van der Waals surface area contributed by atoms with Crippen molar-refractivity contribution in [1.82, 2.24) is 10.2 Å². The number of rotatable bonds is 8. The second-order valence-electron chi connectivity index (χ2n) is 5.35. The molecule has 0 radical (unpaired) electrons. The first kappa shape index (κ1) is 15.2. The predicted molar refractivity (Wildman–Crippen MR) is 89.2 cm³/mol.